The summed E-state index contributed by atoms with van der Waals surface area (Å²) in [5.74, 6) is -0.337. The molecule has 1 heterocycles. The summed E-state index contributed by atoms with van der Waals surface area (Å²) in [7, 11) is 0. The quantitative estimate of drug-likeness (QED) is 0.236. The van der Waals surface area contributed by atoms with Crippen molar-refractivity contribution in [1.29, 1.82) is 0 Å². The van der Waals surface area contributed by atoms with Crippen LogP contribution < -0.4 is 5.32 Å². The number of hydrogen-bond acceptors (Lipinski definition) is 4. The summed E-state index contributed by atoms with van der Waals surface area (Å²) in [4.78, 5) is 28.3. The molecule has 2 fully saturated rings. The normalized spacial score (nSPS) is 17.7. The van der Waals surface area contributed by atoms with Gasteiger partial charge in [-0.05, 0) is 80.0 Å². The maximum absolute atomic E-state index is 13.2. The van der Waals surface area contributed by atoms with E-state index in [1.54, 1.807) is 24.3 Å². The number of alkyl halides is 3. The molecule has 228 valence electrons. The van der Waals surface area contributed by atoms with Crippen LogP contribution in [0.25, 0.3) is 11.1 Å². The van der Waals surface area contributed by atoms with E-state index < -0.39 is 11.7 Å². The molecular formula is C35H39F3N2O3. The summed E-state index contributed by atoms with van der Waals surface area (Å²) in [6.45, 7) is 4.78. The van der Waals surface area contributed by atoms with Gasteiger partial charge in [-0.15, -0.1) is 0 Å². The molecule has 0 bridgehead atoms. The summed E-state index contributed by atoms with van der Waals surface area (Å²) in [6.07, 6.45) is 1.45. The highest BCUT2D eigenvalue weighted by molar-refractivity contribution is 6.01. The van der Waals surface area contributed by atoms with Crippen LogP contribution in [-0.4, -0.2) is 48.6 Å². The molecule has 3 aromatic carbocycles. The van der Waals surface area contributed by atoms with Gasteiger partial charge in [0.15, 0.2) is 0 Å². The molecule has 1 saturated carbocycles. The predicted molar refractivity (Wildman–Crippen MR) is 161 cm³/mol. The van der Waals surface area contributed by atoms with Crippen molar-refractivity contribution in [3.63, 3.8) is 0 Å². The van der Waals surface area contributed by atoms with Crippen molar-refractivity contribution < 1.29 is 27.5 Å². The first-order chi connectivity index (χ1) is 20.6. The molecule has 1 saturated heterocycles. The van der Waals surface area contributed by atoms with Crippen LogP contribution in [0, 0.1) is 0 Å². The number of ether oxygens (including phenoxy) is 1. The van der Waals surface area contributed by atoms with E-state index in [-0.39, 0.29) is 29.4 Å². The maximum Gasteiger partial charge on any atom is 0.416 e. The lowest BCUT2D eigenvalue weighted by Gasteiger charge is -2.34. The average Bonchev–Trinajstić information content (AvgIpc) is 3.82. The molecule has 1 atom stereocenters. The fourth-order valence-corrected chi connectivity index (χ4v) is 5.94. The van der Waals surface area contributed by atoms with Gasteiger partial charge in [0.05, 0.1) is 12.0 Å². The third-order valence-electron chi connectivity index (χ3n) is 8.65. The van der Waals surface area contributed by atoms with Crippen molar-refractivity contribution in [2.45, 2.75) is 75.6 Å². The van der Waals surface area contributed by atoms with Crippen LogP contribution in [0.3, 0.4) is 0 Å². The summed E-state index contributed by atoms with van der Waals surface area (Å²) in [5.41, 5.74) is 1.77. The van der Waals surface area contributed by atoms with Crippen LogP contribution in [0.1, 0.15) is 73.4 Å². The van der Waals surface area contributed by atoms with Crippen LogP contribution in [-0.2, 0) is 21.1 Å². The third kappa shape index (κ3) is 8.25. The number of amides is 1. The molecule has 8 heteroatoms. The summed E-state index contributed by atoms with van der Waals surface area (Å²) in [6, 6.07) is 22.1. The first-order valence-electron chi connectivity index (χ1n) is 15.2. The molecular weight excluding hydrogens is 553 g/mol. The zero-order valence-electron chi connectivity index (χ0n) is 24.5. The van der Waals surface area contributed by atoms with Gasteiger partial charge in [0, 0.05) is 30.1 Å². The number of likely N-dealkylation sites (tertiary alicyclic amines) is 1. The Labute approximate surface area is 251 Å². The lowest BCUT2D eigenvalue weighted by molar-refractivity contribution is -0.146. The molecule has 5 nitrogen and oxygen atoms in total. The van der Waals surface area contributed by atoms with Gasteiger partial charge in [0.25, 0.3) is 5.91 Å². The van der Waals surface area contributed by atoms with E-state index in [0.717, 1.165) is 75.9 Å². The Morgan fingerprint density at radius 1 is 0.860 bits per heavy atom. The third-order valence-corrected chi connectivity index (χ3v) is 8.65. The molecule has 1 N–H and O–H groups in total. The Hall–Kier alpha value is -3.65. The SMILES string of the molecule is CC(CCCN1CCC(NC(=O)c2ccccc2-c2ccc(C(F)(F)F)cc2)CC1)(CC(=O)OC1CC1)c1ccccc1. The van der Waals surface area contributed by atoms with Crippen molar-refractivity contribution in [2.75, 3.05) is 19.6 Å². The van der Waals surface area contributed by atoms with E-state index in [0.29, 0.717) is 23.1 Å². The molecule has 3 aromatic rings. The largest absolute Gasteiger partial charge is 0.462 e. The molecule has 43 heavy (non-hydrogen) atoms. The second-order valence-corrected chi connectivity index (χ2v) is 12.1. The highest BCUT2D eigenvalue weighted by Crippen LogP contribution is 2.35. The van der Waals surface area contributed by atoms with Crippen molar-refractivity contribution in [1.82, 2.24) is 10.2 Å². The maximum atomic E-state index is 13.2. The summed E-state index contributed by atoms with van der Waals surface area (Å²) in [5, 5.41) is 3.15. The standard InChI is InChI=1S/C35H39F3N2O3/c1-34(26-8-3-2-4-9-26,24-32(41)43-29-16-17-29)20-7-21-40-22-18-28(19-23-40)39-33(42)31-11-6-5-10-30(31)25-12-14-27(15-13-25)35(36,37)38/h2-6,8-15,28-29H,7,16-24H2,1H3,(H,39,42). The smallest absolute Gasteiger partial charge is 0.416 e. The number of piperidine rings is 1. The van der Waals surface area contributed by atoms with Gasteiger partial charge in [-0.1, -0.05) is 67.6 Å². The summed E-state index contributed by atoms with van der Waals surface area (Å²) < 4.78 is 44.6. The Morgan fingerprint density at radius 3 is 2.16 bits per heavy atom. The van der Waals surface area contributed by atoms with E-state index in [1.165, 1.54) is 12.1 Å². The van der Waals surface area contributed by atoms with Gasteiger partial charge >= 0.3 is 12.1 Å². The van der Waals surface area contributed by atoms with Crippen molar-refractivity contribution in [2.24, 2.45) is 0 Å². The minimum atomic E-state index is -4.41. The predicted octanol–water partition coefficient (Wildman–Crippen LogP) is 7.40. The Morgan fingerprint density at radius 2 is 1.51 bits per heavy atom. The molecule has 1 aliphatic carbocycles. The number of benzene rings is 3. The van der Waals surface area contributed by atoms with Crippen LogP contribution in [0.15, 0.2) is 78.9 Å². The van der Waals surface area contributed by atoms with E-state index in [4.69, 9.17) is 4.74 Å². The Kier molecular flexibility index (Phi) is 9.55. The fraction of sp³-hybridized carbons (Fsp3) is 0.429. The number of nitrogens with one attached hydrogen (secondary N) is 1. The Balaban J connectivity index is 1.12. The number of halogens is 3. The highest BCUT2D eigenvalue weighted by Gasteiger charge is 2.34. The first kappa shape index (κ1) is 30.8. The molecule has 0 aromatic heterocycles. The molecule has 5 rings (SSSR count). The zero-order valence-corrected chi connectivity index (χ0v) is 24.5. The number of carbonyl (C=O) groups excluding carboxylic acids is 2. The number of nitrogens with zero attached hydrogens (tertiary/aromatic N) is 1. The lowest BCUT2D eigenvalue weighted by atomic mass is 9.76. The molecule has 1 unspecified atom stereocenters. The van der Waals surface area contributed by atoms with Gasteiger partial charge in [-0.25, -0.2) is 0 Å². The summed E-state index contributed by atoms with van der Waals surface area (Å²) >= 11 is 0. The zero-order chi connectivity index (χ0) is 30.5. The van der Waals surface area contributed by atoms with Gasteiger partial charge in [-0.3, -0.25) is 9.59 Å². The lowest BCUT2D eigenvalue weighted by Crippen LogP contribution is -2.45. The number of esters is 1. The van der Waals surface area contributed by atoms with E-state index >= 15 is 0 Å². The van der Waals surface area contributed by atoms with Crippen LogP contribution >= 0.6 is 0 Å². The van der Waals surface area contributed by atoms with E-state index in [2.05, 4.69) is 29.3 Å². The van der Waals surface area contributed by atoms with Crippen molar-refractivity contribution in [3.05, 3.63) is 95.6 Å². The van der Waals surface area contributed by atoms with Crippen molar-refractivity contribution in [3.8, 4) is 11.1 Å². The number of carbonyl (C=O) groups is 2. The van der Waals surface area contributed by atoms with Crippen LogP contribution in [0.5, 0.6) is 0 Å². The van der Waals surface area contributed by atoms with Gasteiger partial charge in [-0.2, -0.15) is 13.2 Å². The molecule has 2 aliphatic rings. The van der Waals surface area contributed by atoms with Gasteiger partial charge in [0.1, 0.15) is 6.10 Å². The fourth-order valence-electron chi connectivity index (χ4n) is 5.94. The highest BCUT2D eigenvalue weighted by atomic mass is 19.4. The minimum absolute atomic E-state index is 0.0243. The second-order valence-electron chi connectivity index (χ2n) is 12.1. The topological polar surface area (TPSA) is 58.6 Å². The molecule has 0 radical (unpaired) electrons. The average molecular weight is 593 g/mol. The second kappa shape index (κ2) is 13.3. The first-order valence-corrected chi connectivity index (χ1v) is 15.2. The van der Waals surface area contributed by atoms with Gasteiger partial charge < -0.3 is 15.0 Å². The molecule has 0 spiro atoms. The van der Waals surface area contributed by atoms with Crippen molar-refractivity contribution >= 4 is 11.9 Å². The molecule has 1 amide bonds. The monoisotopic (exact) mass is 592 g/mol. The van der Waals surface area contributed by atoms with Gasteiger partial charge in [0.2, 0.25) is 0 Å². The molecule has 1 aliphatic heterocycles. The number of rotatable bonds is 11. The van der Waals surface area contributed by atoms with Crippen LogP contribution in [0.4, 0.5) is 13.2 Å². The minimum Gasteiger partial charge on any atom is -0.462 e. The van der Waals surface area contributed by atoms with E-state index in [1.807, 2.05) is 18.2 Å². The number of hydrogen-bond donors (Lipinski definition) is 1. The Bertz CT molecular complexity index is 1380. The van der Waals surface area contributed by atoms with E-state index in [9.17, 15) is 22.8 Å². The van der Waals surface area contributed by atoms with Crippen LogP contribution in [0.2, 0.25) is 0 Å².